The minimum Gasteiger partial charge on any atom is -0.394 e. The second-order valence-corrected chi connectivity index (χ2v) is 6.80. The van der Waals surface area contributed by atoms with Crippen LogP contribution in [-0.4, -0.2) is 26.5 Å². The van der Waals surface area contributed by atoms with E-state index in [1.807, 2.05) is 30.3 Å². The Morgan fingerprint density at radius 2 is 2.12 bits per heavy atom. The van der Waals surface area contributed by atoms with Crippen LogP contribution in [0.1, 0.15) is 23.1 Å². The number of halogens is 1. The van der Waals surface area contributed by atoms with E-state index >= 15 is 0 Å². The van der Waals surface area contributed by atoms with Crippen molar-refractivity contribution in [2.75, 3.05) is 6.61 Å². The molecule has 0 fully saturated rings. The summed E-state index contributed by atoms with van der Waals surface area (Å²) in [5.41, 5.74) is 4.02. The van der Waals surface area contributed by atoms with Crippen LogP contribution < -0.4 is 5.32 Å². The maximum atomic E-state index is 10.1. The van der Waals surface area contributed by atoms with Gasteiger partial charge in [0.1, 0.15) is 12.7 Å². The predicted octanol–water partition coefficient (Wildman–Crippen LogP) is 2.84. The van der Waals surface area contributed by atoms with Crippen LogP contribution in [-0.2, 0) is 18.5 Å². The Bertz CT molecular complexity index is 881. The van der Waals surface area contributed by atoms with E-state index in [1.54, 1.807) is 11.0 Å². The van der Waals surface area contributed by atoms with E-state index in [0.717, 1.165) is 24.1 Å². The number of hydrogen-bond donors (Lipinski definition) is 2. The van der Waals surface area contributed by atoms with Crippen LogP contribution in [0.4, 0.5) is 0 Å². The van der Waals surface area contributed by atoms with Crippen LogP contribution in [0, 0.1) is 0 Å². The Hall–Kier alpha value is -2.21. The molecule has 4 rings (SSSR count). The summed E-state index contributed by atoms with van der Waals surface area (Å²) in [6.45, 7) is 0.664. The maximum Gasteiger partial charge on any atom is 0.138 e. The fraction of sp³-hybridized carbons (Fsp3) is 0.263. The van der Waals surface area contributed by atoms with Crippen molar-refractivity contribution in [3.8, 4) is 5.69 Å². The highest BCUT2D eigenvalue weighted by atomic mass is 35.5. The van der Waals surface area contributed by atoms with Crippen LogP contribution in [0.3, 0.4) is 0 Å². The van der Waals surface area contributed by atoms with Gasteiger partial charge in [-0.25, -0.2) is 9.67 Å². The highest BCUT2D eigenvalue weighted by molar-refractivity contribution is 6.30. The molecule has 2 N–H and O–H groups in total. The molecular weight excluding hydrogens is 336 g/mol. The Balaban J connectivity index is 1.64. The standard InChI is InChI=1S/C19H19ClN4O/c20-16-6-5-15(18(9-16)24-13-21-12-23-24)10-22-19(11-25)8-7-14-3-1-2-4-17(14)19/h1-6,9,12-13,22,25H,7-8,10-11H2. The molecule has 5 nitrogen and oxygen atoms in total. The summed E-state index contributed by atoms with van der Waals surface area (Å²) in [5, 5.41) is 18.6. The number of benzene rings is 2. The quantitative estimate of drug-likeness (QED) is 0.739. The van der Waals surface area contributed by atoms with E-state index in [9.17, 15) is 5.11 Å². The van der Waals surface area contributed by atoms with Gasteiger partial charge in [-0.2, -0.15) is 5.10 Å². The lowest BCUT2D eigenvalue weighted by molar-refractivity contribution is 0.159. The van der Waals surface area contributed by atoms with Crippen molar-refractivity contribution in [1.29, 1.82) is 0 Å². The number of hydrogen-bond acceptors (Lipinski definition) is 4. The minimum absolute atomic E-state index is 0.0657. The van der Waals surface area contributed by atoms with Crippen LogP contribution >= 0.6 is 11.6 Å². The van der Waals surface area contributed by atoms with Gasteiger partial charge in [0, 0.05) is 11.6 Å². The lowest BCUT2D eigenvalue weighted by atomic mass is 9.92. The molecule has 0 aliphatic heterocycles. The number of aliphatic hydroxyl groups excluding tert-OH is 1. The van der Waals surface area contributed by atoms with Crippen molar-refractivity contribution in [3.05, 3.63) is 76.8 Å². The van der Waals surface area contributed by atoms with Gasteiger partial charge < -0.3 is 10.4 Å². The highest BCUT2D eigenvalue weighted by Gasteiger charge is 2.37. The van der Waals surface area contributed by atoms with Gasteiger partial charge in [0.25, 0.3) is 0 Å². The fourth-order valence-electron chi connectivity index (χ4n) is 3.59. The summed E-state index contributed by atoms with van der Waals surface area (Å²) in [5.74, 6) is 0. The third-order valence-corrected chi connectivity index (χ3v) is 5.19. The molecule has 1 aliphatic rings. The summed E-state index contributed by atoms with van der Waals surface area (Å²) < 4.78 is 1.71. The topological polar surface area (TPSA) is 63.0 Å². The van der Waals surface area contributed by atoms with Crippen molar-refractivity contribution in [2.24, 2.45) is 0 Å². The molecule has 0 amide bonds. The maximum absolute atomic E-state index is 10.1. The van der Waals surface area contributed by atoms with Crippen LogP contribution in [0.25, 0.3) is 5.69 Å². The number of nitrogens with one attached hydrogen (secondary N) is 1. The van der Waals surface area contributed by atoms with E-state index in [1.165, 1.54) is 17.5 Å². The smallest absolute Gasteiger partial charge is 0.138 e. The lowest BCUT2D eigenvalue weighted by Gasteiger charge is -2.30. The van der Waals surface area contributed by atoms with Crippen molar-refractivity contribution in [3.63, 3.8) is 0 Å². The molecule has 6 heteroatoms. The first-order valence-electron chi connectivity index (χ1n) is 8.29. The summed E-state index contributed by atoms with van der Waals surface area (Å²) in [7, 11) is 0. The number of rotatable bonds is 5. The molecule has 1 heterocycles. The monoisotopic (exact) mass is 354 g/mol. The molecule has 0 spiro atoms. The first-order chi connectivity index (χ1) is 12.2. The van der Waals surface area contributed by atoms with Crippen molar-refractivity contribution < 1.29 is 5.11 Å². The Labute approximate surface area is 151 Å². The fourth-order valence-corrected chi connectivity index (χ4v) is 3.75. The van der Waals surface area contributed by atoms with E-state index < -0.39 is 5.54 Å². The molecule has 2 aromatic carbocycles. The number of aliphatic hydroxyl groups is 1. The predicted molar refractivity (Wildman–Crippen MR) is 96.7 cm³/mol. The van der Waals surface area contributed by atoms with Crippen LogP contribution in [0.15, 0.2) is 55.1 Å². The van der Waals surface area contributed by atoms with E-state index in [-0.39, 0.29) is 6.61 Å². The number of nitrogens with zero attached hydrogens (tertiary/aromatic N) is 3. The summed E-state index contributed by atoms with van der Waals surface area (Å²) in [4.78, 5) is 4.01. The average Bonchev–Trinajstić information content (AvgIpc) is 3.29. The molecule has 25 heavy (non-hydrogen) atoms. The van der Waals surface area contributed by atoms with Crippen molar-refractivity contribution >= 4 is 11.6 Å². The molecule has 1 atom stereocenters. The molecule has 0 saturated heterocycles. The molecule has 3 aromatic rings. The lowest BCUT2D eigenvalue weighted by Crippen LogP contribution is -2.43. The summed E-state index contributed by atoms with van der Waals surface area (Å²) in [6.07, 6.45) is 5.01. The number of aromatic nitrogens is 3. The largest absolute Gasteiger partial charge is 0.394 e. The molecule has 128 valence electrons. The second-order valence-electron chi connectivity index (χ2n) is 6.36. The molecular formula is C19H19ClN4O. The van der Waals surface area contributed by atoms with Gasteiger partial charge in [-0.1, -0.05) is 41.9 Å². The molecule has 1 unspecified atom stereocenters. The van der Waals surface area contributed by atoms with Gasteiger partial charge in [-0.3, -0.25) is 0 Å². The first kappa shape index (κ1) is 16.3. The van der Waals surface area contributed by atoms with Crippen molar-refractivity contribution in [2.45, 2.75) is 24.9 Å². The zero-order valence-corrected chi connectivity index (χ0v) is 14.4. The van der Waals surface area contributed by atoms with E-state index in [4.69, 9.17) is 11.6 Å². The third-order valence-electron chi connectivity index (χ3n) is 4.95. The normalized spacial score (nSPS) is 19.1. The van der Waals surface area contributed by atoms with E-state index in [0.29, 0.717) is 11.6 Å². The first-order valence-corrected chi connectivity index (χ1v) is 8.67. The molecule has 0 radical (unpaired) electrons. The van der Waals surface area contributed by atoms with Gasteiger partial charge in [0.2, 0.25) is 0 Å². The van der Waals surface area contributed by atoms with Gasteiger partial charge in [0.15, 0.2) is 0 Å². The van der Waals surface area contributed by atoms with Gasteiger partial charge in [-0.15, -0.1) is 0 Å². The summed E-state index contributed by atoms with van der Waals surface area (Å²) in [6, 6.07) is 14.0. The Morgan fingerprint density at radius 3 is 2.92 bits per heavy atom. The second kappa shape index (κ2) is 6.59. The third kappa shape index (κ3) is 2.95. The Kier molecular flexibility index (Phi) is 4.29. The molecule has 1 aliphatic carbocycles. The highest BCUT2D eigenvalue weighted by Crippen LogP contribution is 2.37. The zero-order chi connectivity index (χ0) is 17.3. The van der Waals surface area contributed by atoms with Crippen LogP contribution in [0.5, 0.6) is 0 Å². The van der Waals surface area contributed by atoms with Crippen molar-refractivity contribution in [1.82, 2.24) is 20.1 Å². The molecule has 1 aromatic heterocycles. The minimum atomic E-state index is -0.407. The Morgan fingerprint density at radius 1 is 1.24 bits per heavy atom. The number of fused-ring (bicyclic) bond motifs is 1. The van der Waals surface area contributed by atoms with E-state index in [2.05, 4.69) is 27.5 Å². The van der Waals surface area contributed by atoms with Gasteiger partial charge >= 0.3 is 0 Å². The molecule has 0 bridgehead atoms. The average molecular weight is 355 g/mol. The van der Waals surface area contributed by atoms with Gasteiger partial charge in [0.05, 0.1) is 17.8 Å². The number of aryl methyl sites for hydroxylation is 1. The zero-order valence-electron chi connectivity index (χ0n) is 13.7. The summed E-state index contributed by atoms with van der Waals surface area (Å²) >= 11 is 6.16. The SMILES string of the molecule is OCC1(NCc2ccc(Cl)cc2-n2cncn2)CCc2ccccc21. The van der Waals surface area contributed by atoms with Crippen LogP contribution in [0.2, 0.25) is 5.02 Å². The van der Waals surface area contributed by atoms with Gasteiger partial charge in [-0.05, 0) is 41.7 Å². The molecule has 0 saturated carbocycles.